The number of nitrogens with one attached hydrogen (secondary N) is 2. The van der Waals surface area contributed by atoms with Crippen LogP contribution in [0.15, 0.2) is 54.7 Å². The molecule has 0 atom stereocenters. The summed E-state index contributed by atoms with van der Waals surface area (Å²) in [6.45, 7) is 2.62. The Kier molecular flexibility index (Phi) is 6.77. The van der Waals surface area contributed by atoms with Crippen LogP contribution in [0.3, 0.4) is 0 Å². The molecule has 0 aliphatic carbocycles. The number of ether oxygens (including phenoxy) is 1. The maximum absolute atomic E-state index is 13.6. The molecule has 3 aromatic rings. The molecule has 0 spiro atoms. The lowest BCUT2D eigenvalue weighted by Gasteiger charge is -2.19. The molecule has 0 unspecified atom stereocenters. The van der Waals surface area contributed by atoms with Gasteiger partial charge in [-0.1, -0.05) is 30.3 Å². The van der Waals surface area contributed by atoms with E-state index in [1.54, 1.807) is 19.1 Å². The van der Waals surface area contributed by atoms with Crippen LogP contribution >= 0.6 is 0 Å². The Balaban J connectivity index is 1.60. The first-order valence-corrected chi connectivity index (χ1v) is 10.7. The van der Waals surface area contributed by atoms with Crippen LogP contribution in [-0.2, 0) is 22.5 Å². The zero-order valence-electron chi connectivity index (χ0n) is 18.2. The van der Waals surface area contributed by atoms with Gasteiger partial charge in [-0.15, -0.1) is 0 Å². The number of halogens is 1. The van der Waals surface area contributed by atoms with Crippen molar-refractivity contribution >= 4 is 29.3 Å². The molecule has 2 N–H and O–H groups in total. The molecule has 1 aromatic heterocycles. The predicted octanol–water partition coefficient (Wildman–Crippen LogP) is 3.21. The summed E-state index contributed by atoms with van der Waals surface area (Å²) >= 11 is 0. The SMILES string of the molecule is CCOC(=O)CNC(=O)c1cnc(N2CCc3ccccc32)nc1NCc1cccc(F)c1. The molecule has 33 heavy (non-hydrogen) atoms. The van der Waals surface area contributed by atoms with Gasteiger partial charge in [0.15, 0.2) is 0 Å². The molecule has 4 rings (SSSR count). The van der Waals surface area contributed by atoms with E-state index in [0.717, 1.165) is 18.7 Å². The van der Waals surface area contributed by atoms with Crippen molar-refractivity contribution in [3.05, 3.63) is 77.2 Å². The van der Waals surface area contributed by atoms with Gasteiger partial charge in [0.25, 0.3) is 5.91 Å². The topological polar surface area (TPSA) is 96.4 Å². The Morgan fingerprint density at radius 3 is 2.85 bits per heavy atom. The predicted molar refractivity (Wildman–Crippen MR) is 122 cm³/mol. The number of carbonyl (C=O) groups is 2. The van der Waals surface area contributed by atoms with Gasteiger partial charge in [0.1, 0.15) is 23.7 Å². The Morgan fingerprint density at radius 1 is 1.18 bits per heavy atom. The largest absolute Gasteiger partial charge is 0.465 e. The Hall–Kier alpha value is -4.01. The molecular weight excluding hydrogens is 425 g/mol. The van der Waals surface area contributed by atoms with Crippen LogP contribution in [0.5, 0.6) is 0 Å². The van der Waals surface area contributed by atoms with Crippen molar-refractivity contribution in [2.45, 2.75) is 19.9 Å². The monoisotopic (exact) mass is 449 g/mol. The Morgan fingerprint density at radius 2 is 2.03 bits per heavy atom. The highest BCUT2D eigenvalue weighted by atomic mass is 19.1. The number of para-hydroxylation sites is 1. The number of aromatic nitrogens is 2. The molecule has 8 nitrogen and oxygen atoms in total. The number of esters is 1. The summed E-state index contributed by atoms with van der Waals surface area (Å²) in [6.07, 6.45) is 2.30. The number of amides is 1. The van der Waals surface area contributed by atoms with Crippen LogP contribution in [0.2, 0.25) is 0 Å². The van der Waals surface area contributed by atoms with Gasteiger partial charge in [0.05, 0.1) is 6.61 Å². The van der Waals surface area contributed by atoms with Gasteiger partial charge in [-0.3, -0.25) is 9.59 Å². The fourth-order valence-corrected chi connectivity index (χ4v) is 3.64. The Bertz CT molecular complexity index is 1170. The molecule has 1 aliphatic rings. The standard InChI is InChI=1S/C24H24FN5O3/c1-2-33-21(31)15-27-23(32)19-14-28-24(30-11-10-17-7-3-4-9-20(17)30)29-22(19)26-13-16-6-5-8-18(25)12-16/h3-9,12,14H,2,10-11,13,15H2,1H3,(H,27,32)(H,26,28,29). The average Bonchev–Trinajstić information content (AvgIpc) is 3.25. The fraction of sp³-hybridized carbons (Fsp3) is 0.250. The van der Waals surface area contributed by atoms with E-state index in [2.05, 4.69) is 26.7 Å². The minimum atomic E-state index is -0.536. The third kappa shape index (κ3) is 5.25. The first-order chi connectivity index (χ1) is 16.0. The van der Waals surface area contributed by atoms with E-state index in [-0.39, 0.29) is 36.9 Å². The van der Waals surface area contributed by atoms with Crippen molar-refractivity contribution in [3.8, 4) is 0 Å². The van der Waals surface area contributed by atoms with Crippen molar-refractivity contribution in [1.29, 1.82) is 0 Å². The van der Waals surface area contributed by atoms with Gasteiger partial charge in [-0.2, -0.15) is 4.98 Å². The molecular formula is C24H24FN5O3. The van der Waals surface area contributed by atoms with E-state index < -0.39 is 11.9 Å². The molecule has 1 amide bonds. The summed E-state index contributed by atoms with van der Waals surface area (Å²) < 4.78 is 18.4. The molecule has 1 aliphatic heterocycles. The quantitative estimate of drug-likeness (QED) is 0.510. The van der Waals surface area contributed by atoms with E-state index in [1.165, 1.54) is 23.9 Å². The molecule has 0 radical (unpaired) electrons. The Labute approximate surface area is 190 Å². The highest BCUT2D eigenvalue weighted by Gasteiger charge is 2.24. The number of hydrogen-bond acceptors (Lipinski definition) is 7. The van der Waals surface area contributed by atoms with Crippen LogP contribution in [-0.4, -0.2) is 41.5 Å². The lowest BCUT2D eigenvalue weighted by Crippen LogP contribution is -2.31. The first-order valence-electron chi connectivity index (χ1n) is 10.7. The third-order valence-corrected chi connectivity index (χ3v) is 5.20. The number of rotatable bonds is 8. The number of nitrogens with zero attached hydrogens (tertiary/aromatic N) is 3. The zero-order valence-corrected chi connectivity index (χ0v) is 18.2. The molecule has 2 heterocycles. The van der Waals surface area contributed by atoms with Gasteiger partial charge in [-0.05, 0) is 42.7 Å². The van der Waals surface area contributed by atoms with Crippen LogP contribution in [0.4, 0.5) is 21.8 Å². The van der Waals surface area contributed by atoms with Crippen LogP contribution in [0.25, 0.3) is 0 Å². The second-order valence-electron chi connectivity index (χ2n) is 7.43. The minimum absolute atomic E-state index is 0.173. The van der Waals surface area contributed by atoms with E-state index in [1.807, 2.05) is 23.1 Å². The minimum Gasteiger partial charge on any atom is -0.465 e. The second kappa shape index (κ2) is 10.1. The van der Waals surface area contributed by atoms with Crippen molar-refractivity contribution < 1.29 is 18.7 Å². The van der Waals surface area contributed by atoms with Gasteiger partial charge >= 0.3 is 5.97 Å². The second-order valence-corrected chi connectivity index (χ2v) is 7.43. The summed E-state index contributed by atoms with van der Waals surface area (Å²) in [6, 6.07) is 14.2. The van der Waals surface area contributed by atoms with E-state index in [9.17, 15) is 14.0 Å². The summed E-state index contributed by atoms with van der Waals surface area (Å²) in [7, 11) is 0. The van der Waals surface area contributed by atoms with Gasteiger partial charge in [0, 0.05) is 25.0 Å². The summed E-state index contributed by atoms with van der Waals surface area (Å²) in [5, 5.41) is 5.65. The van der Waals surface area contributed by atoms with E-state index >= 15 is 0 Å². The normalized spacial score (nSPS) is 12.2. The smallest absolute Gasteiger partial charge is 0.325 e. The molecule has 2 aromatic carbocycles. The number of benzene rings is 2. The molecule has 0 fully saturated rings. The average molecular weight is 449 g/mol. The van der Waals surface area contributed by atoms with Gasteiger partial charge < -0.3 is 20.3 Å². The summed E-state index contributed by atoms with van der Waals surface area (Å²) in [5.74, 6) is -0.665. The van der Waals surface area contributed by atoms with Gasteiger partial charge in [-0.25, -0.2) is 9.37 Å². The molecule has 0 bridgehead atoms. The summed E-state index contributed by atoms with van der Waals surface area (Å²) in [5.41, 5.74) is 3.09. The zero-order chi connectivity index (χ0) is 23.2. The number of fused-ring (bicyclic) bond motifs is 1. The number of anilines is 3. The molecule has 0 saturated heterocycles. The number of hydrogen-bond donors (Lipinski definition) is 2. The first kappa shape index (κ1) is 22.2. The van der Waals surface area contributed by atoms with Crippen LogP contribution in [0.1, 0.15) is 28.4 Å². The molecule has 0 saturated carbocycles. The van der Waals surface area contributed by atoms with E-state index in [4.69, 9.17) is 4.74 Å². The lowest BCUT2D eigenvalue weighted by atomic mass is 10.2. The van der Waals surface area contributed by atoms with Crippen LogP contribution in [0, 0.1) is 5.82 Å². The third-order valence-electron chi connectivity index (χ3n) is 5.20. The van der Waals surface area contributed by atoms with Crippen molar-refractivity contribution in [2.75, 3.05) is 29.9 Å². The van der Waals surface area contributed by atoms with Crippen LogP contribution < -0.4 is 15.5 Å². The highest BCUT2D eigenvalue weighted by molar-refractivity contribution is 6.00. The van der Waals surface area contributed by atoms with Crippen molar-refractivity contribution in [2.24, 2.45) is 0 Å². The van der Waals surface area contributed by atoms with E-state index in [0.29, 0.717) is 11.5 Å². The number of carbonyl (C=O) groups excluding carboxylic acids is 2. The highest BCUT2D eigenvalue weighted by Crippen LogP contribution is 2.33. The van der Waals surface area contributed by atoms with Crippen molar-refractivity contribution in [1.82, 2.24) is 15.3 Å². The molecule has 170 valence electrons. The van der Waals surface area contributed by atoms with Gasteiger partial charge in [0.2, 0.25) is 5.95 Å². The fourth-order valence-electron chi connectivity index (χ4n) is 3.64. The maximum Gasteiger partial charge on any atom is 0.325 e. The lowest BCUT2D eigenvalue weighted by molar-refractivity contribution is -0.141. The molecule has 9 heteroatoms. The summed E-state index contributed by atoms with van der Waals surface area (Å²) in [4.78, 5) is 35.4. The van der Waals surface area contributed by atoms with Crippen molar-refractivity contribution in [3.63, 3.8) is 0 Å². The maximum atomic E-state index is 13.6.